The van der Waals surface area contributed by atoms with E-state index in [0.29, 0.717) is 59.1 Å². The number of pyridine rings is 1. The number of nitrogens with one attached hydrogen (secondary N) is 2. The van der Waals surface area contributed by atoms with E-state index >= 15 is 0 Å². The number of aryl methyl sites for hydroxylation is 1. The molecule has 15 nitrogen and oxygen atoms in total. The average Bonchev–Trinajstić information content (AvgIpc) is 3.91. The topological polar surface area (TPSA) is 168 Å². The number of amides is 4. The number of fused-ring (bicyclic) bond motifs is 2. The number of likely N-dealkylation sites (N-methyl/N-ethyl adjacent to an activating group) is 1. The van der Waals surface area contributed by atoms with Crippen LogP contribution in [0.2, 0.25) is 0 Å². The number of hydrogen-bond donors (Lipinski definition) is 2. The summed E-state index contributed by atoms with van der Waals surface area (Å²) in [7, 11) is 1.49. The molecule has 0 spiro atoms. The molecule has 222 valence electrons. The van der Waals surface area contributed by atoms with Crippen molar-refractivity contribution in [3.8, 4) is 0 Å². The van der Waals surface area contributed by atoms with Crippen LogP contribution in [-0.2, 0) is 16.1 Å². The zero-order valence-electron chi connectivity index (χ0n) is 24.0. The van der Waals surface area contributed by atoms with Gasteiger partial charge in [0, 0.05) is 49.2 Å². The standard InChI is InChI=1S/C29H28N12O3/c1-15-5-6-30-25(34-15)19-8-20(19)27(43)36-22-9-23(41-28(37-22)32-14-33-41)31-10-18-12-39-11-17(16-3-4-16)7-21(26(39)35-18)40-13-24(42)38(2)29(40)44/h5-7,9,11-12,14,16,19-20,31H,3-4,8,10,13H2,1-2H3,(H,32,33,36,37,43). The second kappa shape index (κ2) is 9.79. The summed E-state index contributed by atoms with van der Waals surface area (Å²) in [5.41, 5.74) is 3.90. The van der Waals surface area contributed by atoms with Crippen molar-refractivity contribution in [2.45, 2.75) is 44.6 Å². The summed E-state index contributed by atoms with van der Waals surface area (Å²) in [5, 5.41) is 10.5. The van der Waals surface area contributed by atoms with Crippen molar-refractivity contribution >= 4 is 46.6 Å². The number of rotatable bonds is 8. The van der Waals surface area contributed by atoms with E-state index in [1.807, 2.05) is 35.9 Å². The van der Waals surface area contributed by atoms with Gasteiger partial charge in [-0.2, -0.15) is 19.6 Å². The molecule has 4 amide bonds. The van der Waals surface area contributed by atoms with Crippen LogP contribution in [0.25, 0.3) is 11.4 Å². The lowest BCUT2D eigenvalue weighted by Crippen LogP contribution is -2.30. The molecule has 3 aliphatic rings. The normalized spacial score (nSPS) is 19.8. The molecule has 2 unspecified atom stereocenters. The Morgan fingerprint density at radius 1 is 1.09 bits per heavy atom. The van der Waals surface area contributed by atoms with Gasteiger partial charge in [0.1, 0.15) is 30.3 Å². The van der Waals surface area contributed by atoms with Crippen molar-refractivity contribution in [2.75, 3.05) is 29.1 Å². The van der Waals surface area contributed by atoms with E-state index in [9.17, 15) is 14.4 Å². The minimum absolute atomic E-state index is 0.0148. The van der Waals surface area contributed by atoms with Crippen LogP contribution in [0.5, 0.6) is 0 Å². The Hall–Kier alpha value is -5.47. The molecular formula is C29H28N12O3. The number of aromatic nitrogens is 8. The Kier molecular flexibility index (Phi) is 5.82. The predicted molar refractivity (Wildman–Crippen MR) is 157 cm³/mol. The highest BCUT2D eigenvalue weighted by atomic mass is 16.2. The molecular weight excluding hydrogens is 564 g/mol. The van der Waals surface area contributed by atoms with Crippen molar-refractivity contribution in [2.24, 2.45) is 5.92 Å². The Labute approximate surface area is 250 Å². The van der Waals surface area contributed by atoms with Crippen LogP contribution >= 0.6 is 0 Å². The van der Waals surface area contributed by atoms with Gasteiger partial charge < -0.3 is 15.0 Å². The minimum atomic E-state index is -0.364. The van der Waals surface area contributed by atoms with E-state index < -0.39 is 0 Å². The number of anilines is 3. The number of nitrogens with zero attached hydrogens (tertiary/aromatic N) is 10. The van der Waals surface area contributed by atoms with Gasteiger partial charge in [-0.15, -0.1) is 0 Å². The Bertz CT molecular complexity index is 2000. The van der Waals surface area contributed by atoms with Gasteiger partial charge in [-0.3, -0.25) is 19.4 Å². The minimum Gasteiger partial charge on any atom is -0.364 e. The highest BCUT2D eigenvalue weighted by Gasteiger charge is 2.46. The van der Waals surface area contributed by atoms with Crippen molar-refractivity contribution in [1.29, 1.82) is 0 Å². The van der Waals surface area contributed by atoms with Crippen LogP contribution in [0, 0.1) is 12.8 Å². The van der Waals surface area contributed by atoms with Crippen LogP contribution in [-0.4, -0.2) is 75.3 Å². The molecule has 2 atom stereocenters. The van der Waals surface area contributed by atoms with Crippen LogP contribution in [0.4, 0.5) is 22.1 Å². The maximum absolute atomic E-state index is 13.1. The number of hydrogen-bond acceptors (Lipinski definition) is 10. The van der Waals surface area contributed by atoms with Gasteiger partial charge in [0.05, 0.1) is 17.9 Å². The van der Waals surface area contributed by atoms with Crippen molar-refractivity contribution in [3.05, 3.63) is 65.9 Å². The van der Waals surface area contributed by atoms with Crippen LogP contribution in [0.3, 0.4) is 0 Å². The molecule has 15 heteroatoms. The fourth-order valence-corrected chi connectivity index (χ4v) is 5.68. The average molecular weight is 593 g/mol. The number of carbonyl (C=O) groups excluding carboxylic acids is 3. The van der Waals surface area contributed by atoms with Gasteiger partial charge in [0.25, 0.3) is 5.78 Å². The number of urea groups is 1. The van der Waals surface area contributed by atoms with Crippen LogP contribution in [0.1, 0.15) is 53.9 Å². The molecule has 44 heavy (non-hydrogen) atoms. The van der Waals surface area contributed by atoms with Gasteiger partial charge in [-0.05, 0) is 49.8 Å². The van der Waals surface area contributed by atoms with Gasteiger partial charge in [0.2, 0.25) is 11.8 Å². The molecule has 2 N–H and O–H groups in total. The lowest BCUT2D eigenvalue weighted by atomic mass is 10.1. The number of imide groups is 1. The molecule has 5 aromatic heterocycles. The molecule has 5 aromatic rings. The molecule has 1 aliphatic heterocycles. The first kappa shape index (κ1) is 26.2. The van der Waals surface area contributed by atoms with Gasteiger partial charge >= 0.3 is 6.03 Å². The van der Waals surface area contributed by atoms with Gasteiger partial charge in [0.15, 0.2) is 5.65 Å². The Morgan fingerprint density at radius 3 is 2.73 bits per heavy atom. The van der Waals surface area contributed by atoms with E-state index in [-0.39, 0.29) is 36.2 Å². The zero-order valence-corrected chi connectivity index (χ0v) is 24.0. The maximum Gasteiger partial charge on any atom is 0.331 e. The van der Waals surface area contributed by atoms with E-state index in [2.05, 4.69) is 35.7 Å². The maximum atomic E-state index is 13.1. The molecule has 0 radical (unpaired) electrons. The fourth-order valence-electron chi connectivity index (χ4n) is 5.68. The molecule has 1 saturated heterocycles. The number of carbonyl (C=O) groups is 3. The summed E-state index contributed by atoms with van der Waals surface area (Å²) < 4.78 is 3.47. The molecule has 0 aromatic carbocycles. The third-order valence-corrected chi connectivity index (χ3v) is 8.35. The molecule has 8 rings (SSSR count). The van der Waals surface area contributed by atoms with Crippen molar-refractivity contribution in [1.82, 2.24) is 43.8 Å². The summed E-state index contributed by atoms with van der Waals surface area (Å²) >= 11 is 0. The summed E-state index contributed by atoms with van der Waals surface area (Å²) in [6.07, 6.45) is 9.93. The first-order valence-electron chi connectivity index (χ1n) is 14.5. The predicted octanol–water partition coefficient (Wildman–Crippen LogP) is 2.50. The lowest BCUT2D eigenvalue weighted by Gasteiger charge is -2.17. The monoisotopic (exact) mass is 592 g/mol. The summed E-state index contributed by atoms with van der Waals surface area (Å²) in [5.74, 6) is 1.71. The molecule has 3 fully saturated rings. The molecule has 0 bridgehead atoms. The quantitative estimate of drug-likeness (QED) is 0.255. The van der Waals surface area contributed by atoms with Crippen molar-refractivity contribution in [3.63, 3.8) is 0 Å². The van der Waals surface area contributed by atoms with E-state index in [4.69, 9.17) is 4.98 Å². The zero-order chi connectivity index (χ0) is 30.1. The first-order chi connectivity index (χ1) is 21.3. The fraction of sp³-hybridized carbons (Fsp3) is 0.345. The SMILES string of the molecule is Cc1ccnc(C2CC2C(=O)Nc2cc(NCc3cn4cc(C5CC5)cc(N5CC(=O)N(C)C5=O)c4n3)n3ncnc3n2)n1. The highest BCUT2D eigenvalue weighted by molar-refractivity contribution is 6.13. The lowest BCUT2D eigenvalue weighted by molar-refractivity contribution is -0.124. The molecule has 6 heterocycles. The number of imidazole rings is 1. The van der Waals surface area contributed by atoms with E-state index in [0.717, 1.165) is 29.0 Å². The molecule has 2 aliphatic carbocycles. The second-order valence-electron chi connectivity index (χ2n) is 11.6. The third kappa shape index (κ3) is 4.56. The van der Waals surface area contributed by atoms with Crippen LogP contribution < -0.4 is 15.5 Å². The third-order valence-electron chi connectivity index (χ3n) is 8.35. The highest BCUT2D eigenvalue weighted by Crippen LogP contribution is 2.46. The summed E-state index contributed by atoms with van der Waals surface area (Å²) in [4.78, 5) is 63.1. The molecule has 2 saturated carbocycles. The second-order valence-corrected chi connectivity index (χ2v) is 11.6. The smallest absolute Gasteiger partial charge is 0.331 e. The van der Waals surface area contributed by atoms with E-state index in [1.165, 1.54) is 18.3 Å². The Morgan fingerprint density at radius 2 is 1.95 bits per heavy atom. The summed E-state index contributed by atoms with van der Waals surface area (Å²) in [6.45, 7) is 2.20. The largest absolute Gasteiger partial charge is 0.364 e. The Balaban J connectivity index is 1.04. The van der Waals surface area contributed by atoms with Crippen molar-refractivity contribution < 1.29 is 14.4 Å². The van der Waals surface area contributed by atoms with Gasteiger partial charge in [-0.25, -0.2) is 19.7 Å². The van der Waals surface area contributed by atoms with E-state index in [1.54, 1.807) is 16.8 Å². The first-order valence-corrected chi connectivity index (χ1v) is 14.5. The summed E-state index contributed by atoms with van der Waals surface area (Å²) in [6, 6.07) is 5.15. The van der Waals surface area contributed by atoms with Gasteiger partial charge in [-0.1, -0.05) is 0 Å². The van der Waals surface area contributed by atoms with Crippen LogP contribution in [0.15, 0.2) is 43.1 Å².